The van der Waals surface area contributed by atoms with Gasteiger partial charge in [-0.3, -0.25) is 4.79 Å². The van der Waals surface area contributed by atoms with Crippen molar-refractivity contribution in [3.63, 3.8) is 0 Å². The highest BCUT2D eigenvalue weighted by Crippen LogP contribution is 2.33. The molecule has 0 saturated carbocycles. The van der Waals surface area contributed by atoms with Gasteiger partial charge in [-0.25, -0.2) is 9.78 Å². The van der Waals surface area contributed by atoms with Crippen LogP contribution in [0.4, 0.5) is 0 Å². The Kier molecular flexibility index (Phi) is 5.03. The Morgan fingerprint density at radius 1 is 1.10 bits per heavy atom. The molecule has 0 atom stereocenters. The van der Waals surface area contributed by atoms with Crippen LogP contribution in [-0.2, 0) is 11.3 Å². The maximum absolute atomic E-state index is 12.6. The van der Waals surface area contributed by atoms with Gasteiger partial charge in [0.1, 0.15) is 5.69 Å². The van der Waals surface area contributed by atoms with Crippen LogP contribution in [0, 0.1) is 13.8 Å². The first-order chi connectivity index (χ1) is 14.0. The summed E-state index contributed by atoms with van der Waals surface area (Å²) in [5, 5.41) is 0. The van der Waals surface area contributed by atoms with E-state index in [0.29, 0.717) is 12.1 Å². The van der Waals surface area contributed by atoms with E-state index in [1.807, 2.05) is 42.7 Å². The molecule has 1 aliphatic heterocycles. The fourth-order valence-corrected chi connectivity index (χ4v) is 3.31. The van der Waals surface area contributed by atoms with Crippen LogP contribution in [0.2, 0.25) is 0 Å². The molecule has 29 heavy (non-hydrogen) atoms. The largest absolute Gasteiger partial charge is 0.454 e. The highest BCUT2D eigenvalue weighted by Gasteiger charge is 2.19. The molecular weight excluding hydrogens is 372 g/mol. The summed E-state index contributed by atoms with van der Waals surface area (Å²) in [7, 11) is 0. The van der Waals surface area contributed by atoms with Crippen molar-refractivity contribution in [3.8, 4) is 11.5 Å². The molecule has 1 aliphatic rings. The van der Waals surface area contributed by atoms with Crippen molar-refractivity contribution in [1.29, 1.82) is 0 Å². The van der Waals surface area contributed by atoms with Crippen LogP contribution in [-0.4, -0.2) is 34.7 Å². The smallest absolute Gasteiger partial charge is 0.357 e. The summed E-state index contributed by atoms with van der Waals surface area (Å²) in [4.78, 5) is 28.6. The number of fused-ring (bicyclic) bond motifs is 1. The van der Waals surface area contributed by atoms with E-state index >= 15 is 0 Å². The third-order valence-electron chi connectivity index (χ3n) is 4.86. The second kappa shape index (κ2) is 7.79. The normalized spacial score (nSPS) is 12.1. The van der Waals surface area contributed by atoms with Crippen LogP contribution >= 0.6 is 0 Å². The van der Waals surface area contributed by atoms with E-state index in [-0.39, 0.29) is 24.9 Å². The first kappa shape index (κ1) is 18.7. The fourth-order valence-electron chi connectivity index (χ4n) is 3.31. The Labute approximate surface area is 167 Å². The zero-order valence-corrected chi connectivity index (χ0v) is 16.2. The first-order valence-corrected chi connectivity index (χ1v) is 9.19. The molecule has 0 radical (unpaired) electrons. The maximum atomic E-state index is 12.6. The number of carbonyl (C=O) groups is 2. The fraction of sp³-hybridized carbons (Fsp3) is 0.227. The molecule has 148 valence electrons. The molecule has 1 aromatic carbocycles. The lowest BCUT2D eigenvalue weighted by molar-refractivity contribution is 0.0468. The van der Waals surface area contributed by atoms with Gasteiger partial charge in [0.05, 0.1) is 0 Å². The first-order valence-electron chi connectivity index (χ1n) is 9.19. The standard InChI is InChI=1S/C22H20N2O5/c1-14-9-17(19(25)12-27-22(26)18-5-3-4-8-23-18)15(2)24(14)11-16-6-7-20-21(10-16)29-13-28-20/h3-10H,11-13H2,1-2H3. The highest BCUT2D eigenvalue weighted by atomic mass is 16.7. The van der Waals surface area contributed by atoms with Gasteiger partial charge in [0.15, 0.2) is 18.1 Å². The Hall–Kier alpha value is -3.61. The van der Waals surface area contributed by atoms with E-state index in [2.05, 4.69) is 4.98 Å². The van der Waals surface area contributed by atoms with E-state index in [9.17, 15) is 9.59 Å². The molecule has 3 heterocycles. The number of aromatic nitrogens is 2. The van der Waals surface area contributed by atoms with Crippen LogP contribution in [0.1, 0.15) is 37.8 Å². The SMILES string of the molecule is Cc1cc(C(=O)COC(=O)c2ccccn2)c(C)n1Cc1ccc2c(c1)OCO2. The number of nitrogens with zero attached hydrogens (tertiary/aromatic N) is 2. The number of rotatable bonds is 6. The minimum absolute atomic E-state index is 0.175. The molecule has 0 aliphatic carbocycles. The summed E-state index contributed by atoms with van der Waals surface area (Å²) in [5.41, 5.74) is 3.51. The molecule has 0 bridgehead atoms. The number of Topliss-reactive ketones (excluding diaryl/α,β-unsaturated/α-hetero) is 1. The number of hydrogen-bond acceptors (Lipinski definition) is 6. The molecule has 0 unspecified atom stereocenters. The minimum atomic E-state index is -0.617. The summed E-state index contributed by atoms with van der Waals surface area (Å²) >= 11 is 0. The van der Waals surface area contributed by atoms with E-state index in [1.54, 1.807) is 18.2 Å². The van der Waals surface area contributed by atoms with Crippen LogP contribution in [0.15, 0.2) is 48.7 Å². The summed E-state index contributed by atoms with van der Waals surface area (Å²) in [6.45, 7) is 4.32. The van der Waals surface area contributed by atoms with Crippen molar-refractivity contribution >= 4 is 11.8 Å². The van der Waals surface area contributed by atoms with Gasteiger partial charge in [0, 0.05) is 29.7 Å². The molecule has 3 aromatic rings. The lowest BCUT2D eigenvalue weighted by Crippen LogP contribution is -2.16. The van der Waals surface area contributed by atoms with Crippen molar-refractivity contribution in [2.45, 2.75) is 20.4 Å². The number of hydrogen-bond donors (Lipinski definition) is 0. The topological polar surface area (TPSA) is 79.7 Å². The van der Waals surface area contributed by atoms with Crippen LogP contribution in [0.3, 0.4) is 0 Å². The van der Waals surface area contributed by atoms with E-state index < -0.39 is 5.97 Å². The Morgan fingerprint density at radius 2 is 1.93 bits per heavy atom. The van der Waals surface area contributed by atoms with Gasteiger partial charge in [-0.2, -0.15) is 0 Å². The number of carbonyl (C=O) groups excluding carboxylic acids is 2. The average molecular weight is 392 g/mol. The van der Waals surface area contributed by atoms with Gasteiger partial charge in [0.2, 0.25) is 12.6 Å². The Bertz CT molecular complexity index is 1070. The number of benzene rings is 1. The van der Waals surface area contributed by atoms with Crippen molar-refractivity contribution < 1.29 is 23.8 Å². The minimum Gasteiger partial charge on any atom is -0.454 e. The van der Waals surface area contributed by atoms with E-state index in [0.717, 1.165) is 28.5 Å². The molecule has 7 heteroatoms. The lowest BCUT2D eigenvalue weighted by atomic mass is 10.1. The zero-order chi connectivity index (χ0) is 20.4. The van der Waals surface area contributed by atoms with Gasteiger partial charge >= 0.3 is 5.97 Å². The Morgan fingerprint density at radius 3 is 2.72 bits per heavy atom. The number of pyridine rings is 1. The molecule has 7 nitrogen and oxygen atoms in total. The quantitative estimate of drug-likeness (QED) is 0.473. The zero-order valence-electron chi connectivity index (χ0n) is 16.2. The molecule has 0 saturated heterocycles. The van der Waals surface area contributed by atoms with Gasteiger partial charge < -0.3 is 18.8 Å². The van der Waals surface area contributed by atoms with Crippen LogP contribution < -0.4 is 9.47 Å². The van der Waals surface area contributed by atoms with E-state index in [4.69, 9.17) is 14.2 Å². The van der Waals surface area contributed by atoms with Gasteiger partial charge in [-0.15, -0.1) is 0 Å². The van der Waals surface area contributed by atoms with Gasteiger partial charge in [-0.1, -0.05) is 12.1 Å². The maximum Gasteiger partial charge on any atom is 0.357 e. The predicted octanol–water partition coefficient (Wildman–Crippen LogP) is 3.32. The monoisotopic (exact) mass is 392 g/mol. The van der Waals surface area contributed by atoms with Crippen LogP contribution in [0.5, 0.6) is 11.5 Å². The summed E-state index contributed by atoms with van der Waals surface area (Å²) < 4.78 is 18.0. The van der Waals surface area contributed by atoms with Crippen molar-refractivity contribution in [2.24, 2.45) is 0 Å². The molecule has 0 N–H and O–H groups in total. The molecule has 0 fully saturated rings. The molecule has 2 aromatic heterocycles. The number of ether oxygens (including phenoxy) is 3. The summed E-state index contributed by atoms with van der Waals surface area (Å²) in [6, 6.07) is 12.6. The lowest BCUT2D eigenvalue weighted by Gasteiger charge is -2.11. The van der Waals surface area contributed by atoms with Crippen molar-refractivity contribution in [1.82, 2.24) is 9.55 Å². The van der Waals surface area contributed by atoms with Crippen LogP contribution in [0.25, 0.3) is 0 Å². The average Bonchev–Trinajstić information content (AvgIpc) is 3.31. The van der Waals surface area contributed by atoms with E-state index in [1.165, 1.54) is 6.20 Å². The summed E-state index contributed by atoms with van der Waals surface area (Å²) in [5.74, 6) is 0.593. The van der Waals surface area contributed by atoms with Crippen molar-refractivity contribution in [3.05, 3.63) is 76.9 Å². The number of ketones is 1. The molecule has 0 amide bonds. The van der Waals surface area contributed by atoms with Gasteiger partial charge in [-0.05, 0) is 49.7 Å². The molecule has 4 rings (SSSR count). The number of aryl methyl sites for hydroxylation is 1. The number of esters is 1. The Balaban J connectivity index is 1.46. The molecular formula is C22H20N2O5. The second-order valence-electron chi connectivity index (χ2n) is 6.77. The second-order valence-corrected chi connectivity index (χ2v) is 6.77. The predicted molar refractivity (Wildman–Crippen MR) is 104 cm³/mol. The highest BCUT2D eigenvalue weighted by molar-refractivity contribution is 6.00. The third kappa shape index (κ3) is 3.85. The third-order valence-corrected chi connectivity index (χ3v) is 4.86. The van der Waals surface area contributed by atoms with Crippen molar-refractivity contribution in [2.75, 3.05) is 13.4 Å². The molecule has 0 spiro atoms. The van der Waals surface area contributed by atoms with Gasteiger partial charge in [0.25, 0.3) is 0 Å². The summed E-state index contributed by atoms with van der Waals surface area (Å²) in [6.07, 6.45) is 1.50.